The molecule has 5 nitrogen and oxygen atoms in total. The minimum atomic E-state index is 0.0596. The van der Waals surface area contributed by atoms with Crippen molar-refractivity contribution in [3.05, 3.63) is 48.8 Å². The van der Waals surface area contributed by atoms with Gasteiger partial charge in [-0.1, -0.05) is 32.0 Å². The lowest BCUT2D eigenvalue weighted by molar-refractivity contribution is 0.374. The predicted octanol–water partition coefficient (Wildman–Crippen LogP) is 4.11. The average molecular weight is 297 g/mol. The summed E-state index contributed by atoms with van der Waals surface area (Å²) in [4.78, 5) is 8.40. The first-order valence-corrected chi connectivity index (χ1v) is 7.11. The minimum absolute atomic E-state index is 0.0596. The Morgan fingerprint density at radius 1 is 1.05 bits per heavy atom. The van der Waals surface area contributed by atoms with Crippen molar-refractivity contribution in [2.75, 3.05) is 12.4 Å². The zero-order chi connectivity index (χ0) is 15.9. The normalized spacial score (nSPS) is 9.77. The van der Waals surface area contributed by atoms with Crippen LogP contribution >= 0.6 is 0 Å². The summed E-state index contributed by atoms with van der Waals surface area (Å²) in [5.41, 5.74) is 1.58. The summed E-state index contributed by atoms with van der Waals surface area (Å²) in [5, 5.41) is 13.8. The summed E-state index contributed by atoms with van der Waals surface area (Å²) in [6, 6.07) is 13.0. The second kappa shape index (κ2) is 7.26. The van der Waals surface area contributed by atoms with Crippen LogP contribution in [0.15, 0.2) is 48.8 Å². The maximum absolute atomic E-state index is 9.78. The molecule has 0 aliphatic rings. The summed E-state index contributed by atoms with van der Waals surface area (Å²) < 4.78 is 5.12. The first-order valence-electron chi connectivity index (χ1n) is 7.11. The van der Waals surface area contributed by atoms with Crippen molar-refractivity contribution in [1.82, 2.24) is 9.97 Å². The van der Waals surface area contributed by atoms with Crippen LogP contribution in [0.1, 0.15) is 13.8 Å². The van der Waals surface area contributed by atoms with Crippen LogP contribution in [-0.4, -0.2) is 22.2 Å². The largest absolute Gasteiger partial charge is 0.504 e. The zero-order valence-electron chi connectivity index (χ0n) is 12.9. The van der Waals surface area contributed by atoms with E-state index in [0.717, 1.165) is 11.1 Å². The van der Waals surface area contributed by atoms with Gasteiger partial charge in [0.1, 0.15) is 12.1 Å². The number of anilines is 2. The highest BCUT2D eigenvalue weighted by atomic mass is 16.5. The highest BCUT2D eigenvalue weighted by Crippen LogP contribution is 2.33. The number of hydrogen-bond donors (Lipinski definition) is 2. The lowest BCUT2D eigenvalue weighted by Gasteiger charge is -2.10. The Morgan fingerprint density at radius 2 is 1.77 bits per heavy atom. The molecular weight excluding hydrogens is 278 g/mol. The van der Waals surface area contributed by atoms with Gasteiger partial charge in [0.2, 0.25) is 0 Å². The molecule has 2 aromatic carbocycles. The van der Waals surface area contributed by atoms with Gasteiger partial charge in [-0.05, 0) is 18.2 Å². The Hall–Kier alpha value is -2.82. The molecule has 0 spiro atoms. The van der Waals surface area contributed by atoms with Gasteiger partial charge in [0.05, 0.1) is 12.6 Å². The van der Waals surface area contributed by atoms with E-state index in [-0.39, 0.29) is 5.75 Å². The molecule has 0 atom stereocenters. The summed E-state index contributed by atoms with van der Waals surface area (Å²) >= 11 is 0. The topological polar surface area (TPSA) is 67.3 Å². The van der Waals surface area contributed by atoms with Crippen molar-refractivity contribution in [3.8, 4) is 11.5 Å². The highest BCUT2D eigenvalue weighted by Gasteiger charge is 2.09. The van der Waals surface area contributed by atoms with Crippen LogP contribution in [0.25, 0.3) is 10.9 Å². The van der Waals surface area contributed by atoms with E-state index in [9.17, 15) is 5.11 Å². The number of nitrogens with zero attached hydrogens (tertiary/aromatic N) is 2. The Balaban J connectivity index is 0.000000847. The van der Waals surface area contributed by atoms with Crippen molar-refractivity contribution < 1.29 is 9.84 Å². The average Bonchev–Trinajstić information content (AvgIpc) is 2.57. The molecule has 0 amide bonds. The van der Waals surface area contributed by atoms with Crippen molar-refractivity contribution >= 4 is 22.4 Å². The number of rotatable bonds is 3. The molecule has 0 aliphatic carbocycles. The van der Waals surface area contributed by atoms with Crippen LogP contribution in [0.2, 0.25) is 0 Å². The third-order valence-electron chi connectivity index (χ3n) is 2.97. The first-order chi connectivity index (χ1) is 10.8. The van der Waals surface area contributed by atoms with Gasteiger partial charge in [-0.25, -0.2) is 9.97 Å². The molecule has 0 bridgehead atoms. The molecule has 114 valence electrons. The van der Waals surface area contributed by atoms with E-state index in [1.165, 1.54) is 13.4 Å². The van der Waals surface area contributed by atoms with Gasteiger partial charge in [0.15, 0.2) is 11.5 Å². The van der Waals surface area contributed by atoms with Crippen molar-refractivity contribution in [1.29, 1.82) is 0 Å². The van der Waals surface area contributed by atoms with Gasteiger partial charge in [-0.3, -0.25) is 0 Å². The lowest BCUT2D eigenvalue weighted by Crippen LogP contribution is -1.96. The number of phenolic OH excluding ortho intramolecular Hbond substituents is 1. The summed E-state index contributed by atoms with van der Waals surface area (Å²) in [6.07, 6.45) is 1.46. The number of ether oxygens (including phenoxy) is 1. The van der Waals surface area contributed by atoms with Crippen LogP contribution < -0.4 is 10.1 Å². The van der Waals surface area contributed by atoms with Crippen molar-refractivity contribution in [2.45, 2.75) is 13.8 Å². The molecule has 0 aliphatic heterocycles. The fraction of sp³-hybridized carbons (Fsp3) is 0.176. The van der Waals surface area contributed by atoms with E-state index in [2.05, 4.69) is 15.3 Å². The van der Waals surface area contributed by atoms with E-state index in [4.69, 9.17) is 4.74 Å². The standard InChI is InChI=1S/C15H13N3O2.C2H6/c1-20-14-7-11-12(8-13(14)19)16-9-17-15(11)18-10-5-3-2-4-6-10;1-2/h2-9,19H,1H3,(H,16,17,18);1-2H3. The number of nitrogens with one attached hydrogen (secondary N) is 1. The molecule has 0 radical (unpaired) electrons. The molecule has 1 aromatic heterocycles. The van der Waals surface area contributed by atoms with Gasteiger partial charge < -0.3 is 15.2 Å². The number of para-hydroxylation sites is 1. The fourth-order valence-electron chi connectivity index (χ4n) is 1.99. The quantitative estimate of drug-likeness (QED) is 0.761. The van der Waals surface area contributed by atoms with Gasteiger partial charge >= 0.3 is 0 Å². The van der Waals surface area contributed by atoms with E-state index in [1.54, 1.807) is 12.1 Å². The summed E-state index contributed by atoms with van der Waals surface area (Å²) in [5.74, 6) is 1.12. The van der Waals surface area contributed by atoms with E-state index in [0.29, 0.717) is 17.1 Å². The van der Waals surface area contributed by atoms with Gasteiger partial charge in [-0.2, -0.15) is 0 Å². The minimum Gasteiger partial charge on any atom is -0.504 e. The molecule has 1 heterocycles. The van der Waals surface area contributed by atoms with Gasteiger partial charge in [-0.15, -0.1) is 0 Å². The van der Waals surface area contributed by atoms with Crippen LogP contribution in [0, 0.1) is 0 Å². The molecule has 22 heavy (non-hydrogen) atoms. The SMILES string of the molecule is CC.COc1cc2c(Nc3ccccc3)ncnc2cc1O. The summed E-state index contributed by atoms with van der Waals surface area (Å²) in [6.45, 7) is 4.00. The second-order valence-corrected chi connectivity index (χ2v) is 4.25. The van der Waals surface area contributed by atoms with Crippen molar-refractivity contribution in [3.63, 3.8) is 0 Å². The van der Waals surface area contributed by atoms with Crippen LogP contribution in [0.4, 0.5) is 11.5 Å². The van der Waals surface area contributed by atoms with Crippen LogP contribution in [-0.2, 0) is 0 Å². The Kier molecular flexibility index (Phi) is 5.14. The first kappa shape index (κ1) is 15.6. The predicted molar refractivity (Wildman–Crippen MR) is 88.8 cm³/mol. The molecule has 5 heteroatoms. The fourth-order valence-corrected chi connectivity index (χ4v) is 1.99. The van der Waals surface area contributed by atoms with Crippen molar-refractivity contribution in [2.24, 2.45) is 0 Å². The molecule has 3 rings (SSSR count). The molecule has 0 unspecified atom stereocenters. The smallest absolute Gasteiger partial charge is 0.161 e. The molecule has 0 saturated heterocycles. The molecule has 0 fully saturated rings. The monoisotopic (exact) mass is 297 g/mol. The van der Waals surface area contributed by atoms with Gasteiger partial charge in [0.25, 0.3) is 0 Å². The number of hydrogen-bond acceptors (Lipinski definition) is 5. The van der Waals surface area contributed by atoms with Gasteiger partial charge in [0, 0.05) is 17.1 Å². The number of benzene rings is 2. The van der Waals surface area contributed by atoms with E-state index >= 15 is 0 Å². The number of aromatic nitrogens is 2. The van der Waals surface area contributed by atoms with E-state index in [1.807, 2.05) is 44.2 Å². The Labute approximate surface area is 129 Å². The zero-order valence-corrected chi connectivity index (χ0v) is 12.9. The molecule has 3 aromatic rings. The Morgan fingerprint density at radius 3 is 2.45 bits per heavy atom. The molecule has 2 N–H and O–H groups in total. The summed E-state index contributed by atoms with van der Waals surface area (Å²) in [7, 11) is 1.51. The number of fused-ring (bicyclic) bond motifs is 1. The molecular formula is C17H19N3O2. The van der Waals surface area contributed by atoms with Crippen LogP contribution in [0.3, 0.4) is 0 Å². The molecule has 0 saturated carbocycles. The van der Waals surface area contributed by atoms with E-state index < -0.39 is 0 Å². The lowest BCUT2D eigenvalue weighted by atomic mass is 10.2. The third kappa shape index (κ3) is 3.25. The maximum atomic E-state index is 9.78. The highest BCUT2D eigenvalue weighted by molar-refractivity contribution is 5.92. The number of aromatic hydroxyl groups is 1. The van der Waals surface area contributed by atoms with Crippen LogP contribution in [0.5, 0.6) is 11.5 Å². The second-order valence-electron chi connectivity index (χ2n) is 4.25. The third-order valence-corrected chi connectivity index (χ3v) is 2.97. The number of phenols is 1. The maximum Gasteiger partial charge on any atom is 0.161 e. The Bertz CT molecular complexity index is 745. The number of methoxy groups -OCH3 is 1.